The molecule has 0 atom stereocenters. The molecule has 35 heavy (non-hydrogen) atoms. The van der Waals surface area contributed by atoms with Crippen molar-refractivity contribution in [2.75, 3.05) is 12.4 Å². The number of hydrogen-bond acceptors (Lipinski definition) is 5. The number of anilines is 1. The number of carbonyl (C=O) groups excluding carboxylic acids is 2. The Kier molecular flexibility index (Phi) is 6.13. The molecule has 0 fully saturated rings. The first-order chi connectivity index (χ1) is 17.1. The summed E-state index contributed by atoms with van der Waals surface area (Å²) in [7, 11) is 1.65. The van der Waals surface area contributed by atoms with Gasteiger partial charge in [-0.05, 0) is 59.7 Å². The largest absolute Gasteiger partial charge is 0.497 e. The number of amides is 2. The minimum Gasteiger partial charge on any atom is -0.497 e. The van der Waals surface area contributed by atoms with Crippen molar-refractivity contribution >= 4 is 17.5 Å². The van der Waals surface area contributed by atoms with Crippen molar-refractivity contribution in [3.8, 4) is 17.2 Å². The van der Waals surface area contributed by atoms with Crippen LogP contribution in [0.4, 0.5) is 5.69 Å². The second kappa shape index (κ2) is 9.69. The molecule has 0 bridgehead atoms. The first-order valence-corrected chi connectivity index (χ1v) is 11.2. The first kappa shape index (κ1) is 22.2. The van der Waals surface area contributed by atoms with E-state index in [2.05, 4.69) is 15.6 Å². The lowest BCUT2D eigenvalue weighted by molar-refractivity contribution is 0.0949. The van der Waals surface area contributed by atoms with Gasteiger partial charge in [0.05, 0.1) is 18.4 Å². The minimum absolute atomic E-state index is 0.258. The number of methoxy groups -OCH3 is 1. The third kappa shape index (κ3) is 4.99. The SMILES string of the molecule is COc1ccc(Cc2ccc(CNC(=O)c3ccc4c(c3)NC(=O)c3ccccc3O4)cn2)cc1. The Bertz CT molecular complexity index is 1380. The maximum Gasteiger partial charge on any atom is 0.259 e. The van der Waals surface area contributed by atoms with Gasteiger partial charge in [-0.3, -0.25) is 14.6 Å². The summed E-state index contributed by atoms with van der Waals surface area (Å²) in [4.78, 5) is 29.8. The number of benzene rings is 3. The standard InChI is InChI=1S/C28H23N3O4/c1-34-22-11-7-18(8-12-22)14-21-10-6-19(16-29-21)17-30-27(32)20-9-13-26-24(15-20)31-28(33)23-4-2-3-5-25(23)35-26/h2-13,15-16H,14,17H2,1H3,(H,30,32)(H,31,33). The zero-order valence-electron chi connectivity index (χ0n) is 19.1. The third-order valence-corrected chi connectivity index (χ3v) is 5.72. The number of carbonyl (C=O) groups is 2. The second-order valence-corrected chi connectivity index (χ2v) is 8.13. The van der Waals surface area contributed by atoms with Gasteiger partial charge in [-0.1, -0.05) is 30.3 Å². The molecular formula is C28H23N3O4. The molecule has 0 radical (unpaired) electrons. The Balaban J connectivity index is 1.21. The van der Waals surface area contributed by atoms with E-state index < -0.39 is 0 Å². The average molecular weight is 466 g/mol. The normalized spacial score (nSPS) is 11.9. The van der Waals surface area contributed by atoms with E-state index in [4.69, 9.17) is 9.47 Å². The summed E-state index contributed by atoms with van der Waals surface area (Å²) in [5, 5.41) is 5.72. The molecule has 2 heterocycles. The number of nitrogens with zero attached hydrogens (tertiary/aromatic N) is 1. The predicted molar refractivity (Wildman–Crippen MR) is 132 cm³/mol. The van der Waals surface area contributed by atoms with Crippen LogP contribution in [-0.4, -0.2) is 23.9 Å². The van der Waals surface area contributed by atoms with Crippen LogP contribution in [0.15, 0.2) is 85.1 Å². The van der Waals surface area contributed by atoms with E-state index in [1.807, 2.05) is 36.4 Å². The number of aromatic nitrogens is 1. The van der Waals surface area contributed by atoms with Crippen molar-refractivity contribution in [3.63, 3.8) is 0 Å². The topological polar surface area (TPSA) is 89.6 Å². The van der Waals surface area contributed by atoms with E-state index in [0.29, 0.717) is 41.3 Å². The quantitative estimate of drug-likeness (QED) is 0.420. The van der Waals surface area contributed by atoms with Gasteiger partial charge in [0.25, 0.3) is 11.8 Å². The molecule has 3 aromatic carbocycles. The van der Waals surface area contributed by atoms with E-state index in [0.717, 1.165) is 22.6 Å². The summed E-state index contributed by atoms with van der Waals surface area (Å²) in [5.74, 6) is 1.24. The van der Waals surface area contributed by atoms with Crippen LogP contribution in [0.3, 0.4) is 0 Å². The first-order valence-electron chi connectivity index (χ1n) is 11.2. The smallest absolute Gasteiger partial charge is 0.259 e. The summed E-state index contributed by atoms with van der Waals surface area (Å²) in [6.45, 7) is 0.333. The van der Waals surface area contributed by atoms with Crippen LogP contribution in [0.5, 0.6) is 17.2 Å². The van der Waals surface area contributed by atoms with E-state index in [1.54, 1.807) is 55.8 Å². The Morgan fingerprint density at radius 3 is 2.54 bits per heavy atom. The number of pyridine rings is 1. The molecule has 2 N–H and O–H groups in total. The van der Waals surface area contributed by atoms with Crippen molar-refractivity contribution < 1.29 is 19.1 Å². The predicted octanol–water partition coefficient (Wildman–Crippen LogP) is 4.97. The highest BCUT2D eigenvalue weighted by molar-refractivity contribution is 6.08. The van der Waals surface area contributed by atoms with Gasteiger partial charge in [0.2, 0.25) is 0 Å². The van der Waals surface area contributed by atoms with Crippen LogP contribution >= 0.6 is 0 Å². The van der Waals surface area contributed by atoms with Gasteiger partial charge in [-0.25, -0.2) is 0 Å². The fourth-order valence-electron chi connectivity index (χ4n) is 3.81. The van der Waals surface area contributed by atoms with Crippen LogP contribution in [0.2, 0.25) is 0 Å². The van der Waals surface area contributed by atoms with Crippen molar-refractivity contribution in [1.29, 1.82) is 0 Å². The van der Waals surface area contributed by atoms with Gasteiger partial charge in [0.1, 0.15) is 11.5 Å². The van der Waals surface area contributed by atoms with Crippen LogP contribution in [0, 0.1) is 0 Å². The summed E-state index contributed by atoms with van der Waals surface area (Å²) < 4.78 is 11.1. The van der Waals surface area contributed by atoms with Gasteiger partial charge in [0, 0.05) is 30.4 Å². The zero-order chi connectivity index (χ0) is 24.2. The van der Waals surface area contributed by atoms with Gasteiger partial charge in [0.15, 0.2) is 5.75 Å². The molecule has 0 unspecified atom stereocenters. The molecule has 2 amide bonds. The highest BCUT2D eigenvalue weighted by Crippen LogP contribution is 2.36. The van der Waals surface area contributed by atoms with E-state index in [9.17, 15) is 9.59 Å². The molecule has 174 valence electrons. The van der Waals surface area contributed by atoms with Crippen molar-refractivity contribution in [1.82, 2.24) is 10.3 Å². The van der Waals surface area contributed by atoms with Gasteiger partial charge in [-0.2, -0.15) is 0 Å². The highest BCUT2D eigenvalue weighted by atomic mass is 16.5. The van der Waals surface area contributed by atoms with Gasteiger partial charge >= 0.3 is 0 Å². The van der Waals surface area contributed by atoms with E-state index >= 15 is 0 Å². The lowest BCUT2D eigenvalue weighted by Crippen LogP contribution is -2.23. The monoisotopic (exact) mass is 465 g/mol. The molecule has 4 aromatic rings. The molecule has 1 aromatic heterocycles. The lowest BCUT2D eigenvalue weighted by Gasteiger charge is -2.10. The molecule has 1 aliphatic heterocycles. The van der Waals surface area contributed by atoms with Crippen LogP contribution in [-0.2, 0) is 13.0 Å². The molecule has 0 saturated heterocycles. The minimum atomic E-state index is -0.280. The van der Waals surface area contributed by atoms with Crippen LogP contribution < -0.4 is 20.1 Å². The lowest BCUT2D eigenvalue weighted by atomic mass is 10.1. The fourth-order valence-corrected chi connectivity index (χ4v) is 3.81. The number of para-hydroxylation sites is 1. The Hall–Kier alpha value is -4.65. The molecule has 0 saturated carbocycles. The number of nitrogens with one attached hydrogen (secondary N) is 2. The van der Waals surface area contributed by atoms with E-state index in [1.165, 1.54) is 0 Å². The summed E-state index contributed by atoms with van der Waals surface area (Å²) in [6, 6.07) is 23.8. The molecule has 0 spiro atoms. The molecule has 1 aliphatic rings. The average Bonchev–Trinajstić information content (AvgIpc) is 3.03. The maximum absolute atomic E-state index is 12.8. The summed E-state index contributed by atoms with van der Waals surface area (Å²) >= 11 is 0. The van der Waals surface area contributed by atoms with Crippen molar-refractivity contribution in [2.45, 2.75) is 13.0 Å². The Labute approximate surface area is 202 Å². The molecular weight excluding hydrogens is 442 g/mol. The van der Waals surface area contributed by atoms with Gasteiger partial charge < -0.3 is 20.1 Å². The number of fused-ring (bicyclic) bond motifs is 2. The molecule has 5 rings (SSSR count). The number of rotatable bonds is 6. The van der Waals surface area contributed by atoms with Crippen LogP contribution in [0.25, 0.3) is 0 Å². The number of ether oxygens (including phenoxy) is 2. The fraction of sp³-hybridized carbons (Fsp3) is 0.107. The molecule has 0 aliphatic carbocycles. The van der Waals surface area contributed by atoms with Crippen LogP contribution in [0.1, 0.15) is 37.5 Å². The zero-order valence-corrected chi connectivity index (χ0v) is 19.1. The van der Waals surface area contributed by atoms with Crippen molar-refractivity contribution in [2.24, 2.45) is 0 Å². The highest BCUT2D eigenvalue weighted by Gasteiger charge is 2.21. The Morgan fingerprint density at radius 1 is 0.971 bits per heavy atom. The van der Waals surface area contributed by atoms with Crippen molar-refractivity contribution in [3.05, 3.63) is 113 Å². The second-order valence-electron chi connectivity index (χ2n) is 8.13. The van der Waals surface area contributed by atoms with E-state index in [-0.39, 0.29) is 11.8 Å². The molecule has 7 heteroatoms. The maximum atomic E-state index is 12.8. The Morgan fingerprint density at radius 2 is 1.77 bits per heavy atom. The van der Waals surface area contributed by atoms with Gasteiger partial charge in [-0.15, -0.1) is 0 Å². The third-order valence-electron chi connectivity index (χ3n) is 5.72. The molecule has 7 nitrogen and oxygen atoms in total. The number of hydrogen-bond donors (Lipinski definition) is 2. The summed E-state index contributed by atoms with van der Waals surface area (Å²) in [5.41, 5.74) is 4.27. The summed E-state index contributed by atoms with van der Waals surface area (Å²) in [6.07, 6.45) is 2.48.